The predicted molar refractivity (Wildman–Crippen MR) is 107 cm³/mol. The first-order valence-electron chi connectivity index (χ1n) is 9.72. The van der Waals surface area contributed by atoms with Crippen molar-refractivity contribution < 1.29 is 19.2 Å². The first kappa shape index (κ1) is 19.4. The van der Waals surface area contributed by atoms with Gasteiger partial charge in [0, 0.05) is 0 Å². The van der Waals surface area contributed by atoms with Crippen LogP contribution in [0.5, 0.6) is 0 Å². The average molecular weight is 458 g/mol. The quantitative estimate of drug-likeness (QED) is 0.282. The molecule has 0 heterocycles. The van der Waals surface area contributed by atoms with Crippen molar-refractivity contribution in [2.75, 3.05) is 0 Å². The molecular weight excluding hydrogens is 425 g/mol. The molecule has 0 spiro atoms. The first-order chi connectivity index (χ1) is 11.4. The number of rotatable bonds is 4. The van der Waals surface area contributed by atoms with E-state index < -0.39 is 7.26 Å². The monoisotopic (exact) mass is 457 g/mol. The molecule has 3 rings (SSSR count). The van der Waals surface area contributed by atoms with Crippen LogP contribution in [-0.2, 0) is 24.6 Å². The molecule has 0 aliphatic heterocycles. The fourth-order valence-electron chi connectivity index (χ4n) is 5.31. The molecule has 0 saturated heterocycles. The van der Waals surface area contributed by atoms with Crippen molar-refractivity contribution >= 4 is 24.2 Å². The summed E-state index contributed by atoms with van der Waals surface area (Å²) < 4.78 is 0.201. The van der Waals surface area contributed by atoms with E-state index in [0.29, 0.717) is 0 Å². The second-order valence-electron chi connectivity index (χ2n) is 8.99. The van der Waals surface area contributed by atoms with E-state index >= 15 is 0 Å². The van der Waals surface area contributed by atoms with Crippen molar-refractivity contribution in [1.29, 1.82) is 0 Å². The van der Waals surface area contributed by atoms with E-state index in [9.17, 15) is 0 Å². The van der Waals surface area contributed by atoms with Crippen molar-refractivity contribution in [1.82, 2.24) is 0 Å². The van der Waals surface area contributed by atoms with Gasteiger partial charge in [0.15, 0.2) is 0 Å². The standard InChI is InChI=1S/C21H33ClP.Pd/c1-21(2,3)17-12-14-20(15-13-17)23(16-22,18-8-4-5-9-18)19-10-6-7-11-19;/h12-16,18-19,23H,4-11H2,1-3H3;. The van der Waals surface area contributed by atoms with Gasteiger partial charge < -0.3 is 0 Å². The fraction of sp³-hybridized carbons (Fsp3) is 0.714. The normalized spacial score (nSPS) is 22.9. The van der Waals surface area contributed by atoms with Gasteiger partial charge >= 0.3 is 166 Å². The second kappa shape index (κ2) is 7.69. The number of alkyl halides is 1. The molecule has 0 radical (unpaired) electrons. The average Bonchev–Trinajstić information content (AvgIpc) is 3.21. The maximum atomic E-state index is 7.02. The Morgan fingerprint density at radius 1 is 0.917 bits per heavy atom. The van der Waals surface area contributed by atoms with E-state index in [1.165, 1.54) is 56.9 Å². The molecule has 2 fully saturated rings. The van der Waals surface area contributed by atoms with Crippen molar-refractivity contribution in [3.8, 4) is 0 Å². The zero-order valence-corrected chi connectivity index (χ0v) is 18.7. The molecule has 2 saturated carbocycles. The number of halogens is 1. The Bertz CT molecular complexity index is 518. The molecule has 1 aromatic rings. The van der Waals surface area contributed by atoms with Gasteiger partial charge in [-0.25, -0.2) is 0 Å². The molecule has 0 amide bonds. The summed E-state index contributed by atoms with van der Waals surface area (Å²) in [5.41, 5.74) is 3.41. The third-order valence-corrected chi connectivity index (χ3v) is 15.8. The van der Waals surface area contributed by atoms with E-state index in [4.69, 9.17) is 11.6 Å². The minimum absolute atomic E-state index is 0.201. The van der Waals surface area contributed by atoms with Gasteiger partial charge in [0.05, 0.1) is 0 Å². The van der Waals surface area contributed by atoms with Gasteiger partial charge in [0.2, 0.25) is 0 Å². The van der Waals surface area contributed by atoms with Gasteiger partial charge in [-0.15, -0.1) is 0 Å². The predicted octanol–water partition coefficient (Wildman–Crippen LogP) is 6.31. The Kier molecular flexibility index (Phi) is 6.20. The van der Waals surface area contributed by atoms with Gasteiger partial charge in [-0.05, 0) is 0 Å². The molecular formula is C21H33ClPPd. The third kappa shape index (κ3) is 3.54. The number of benzene rings is 1. The van der Waals surface area contributed by atoms with Crippen LogP contribution in [0.4, 0.5) is 0 Å². The molecule has 0 N–H and O–H groups in total. The molecule has 1 atom stereocenters. The third-order valence-electron chi connectivity index (χ3n) is 6.64. The molecule has 0 bridgehead atoms. The van der Waals surface area contributed by atoms with Crippen LogP contribution < -0.4 is 5.30 Å². The van der Waals surface area contributed by atoms with Crippen LogP contribution in [0.1, 0.15) is 77.7 Å². The molecule has 1 aromatic carbocycles. The van der Waals surface area contributed by atoms with Crippen molar-refractivity contribution in [2.45, 2.75) is 92.5 Å². The first-order valence-corrected chi connectivity index (χ1v) is 13.3. The molecule has 2 aliphatic carbocycles. The molecule has 3 heteroatoms. The summed E-state index contributed by atoms with van der Waals surface area (Å²) in [6.45, 7) is 6.91. The van der Waals surface area contributed by atoms with Crippen LogP contribution >= 0.6 is 18.9 Å². The van der Waals surface area contributed by atoms with E-state index in [1.807, 2.05) is 0 Å². The van der Waals surface area contributed by atoms with Gasteiger partial charge in [0.1, 0.15) is 0 Å². The summed E-state index contributed by atoms with van der Waals surface area (Å²) in [6.07, 6.45) is 11.3. The van der Waals surface area contributed by atoms with Crippen LogP contribution in [0.15, 0.2) is 24.3 Å². The second-order valence-corrected chi connectivity index (χ2v) is 16.6. The topological polar surface area (TPSA) is 0 Å². The van der Waals surface area contributed by atoms with E-state index in [1.54, 1.807) is 5.30 Å². The van der Waals surface area contributed by atoms with Crippen LogP contribution in [0, 0.1) is 0 Å². The molecule has 1 unspecified atom stereocenters. The zero-order chi connectivity index (χ0) is 17.4. The van der Waals surface area contributed by atoms with Crippen LogP contribution in [0.2, 0.25) is 0 Å². The summed E-state index contributed by atoms with van der Waals surface area (Å²) >= 11 is 10.6. The molecule has 0 aromatic heterocycles. The van der Waals surface area contributed by atoms with E-state index in [0.717, 1.165) is 11.3 Å². The van der Waals surface area contributed by atoms with Crippen molar-refractivity contribution in [3.05, 3.63) is 29.8 Å². The Morgan fingerprint density at radius 3 is 1.67 bits per heavy atom. The van der Waals surface area contributed by atoms with Gasteiger partial charge in [-0.2, -0.15) is 0 Å². The molecule has 2 aliphatic rings. The maximum absolute atomic E-state index is 7.02. The van der Waals surface area contributed by atoms with Crippen LogP contribution in [-0.4, -0.2) is 14.9 Å². The van der Waals surface area contributed by atoms with Gasteiger partial charge in [-0.1, -0.05) is 0 Å². The van der Waals surface area contributed by atoms with Crippen LogP contribution in [0.3, 0.4) is 0 Å². The summed E-state index contributed by atoms with van der Waals surface area (Å²) in [7, 11) is -1.77. The van der Waals surface area contributed by atoms with Crippen molar-refractivity contribution in [3.63, 3.8) is 0 Å². The van der Waals surface area contributed by atoms with Gasteiger partial charge in [-0.3, -0.25) is 0 Å². The Hall–Kier alpha value is 0.602. The number of hydrogen-bond donors (Lipinski definition) is 0. The summed E-state index contributed by atoms with van der Waals surface area (Å²) in [5, 5.41) is 1.63. The van der Waals surface area contributed by atoms with Crippen molar-refractivity contribution in [2.24, 2.45) is 0 Å². The SMILES string of the molecule is CC(C)(C)c1ccc([PH]([CH](Cl)[Pd])(C2CCCC2)C2CCCC2)cc1. The summed E-state index contributed by atoms with van der Waals surface area (Å²) in [4.78, 5) is 0. The summed E-state index contributed by atoms with van der Waals surface area (Å²) in [6, 6.07) is 9.70. The number of hydrogen-bond acceptors (Lipinski definition) is 0. The fourth-order valence-corrected chi connectivity index (χ4v) is 15.7. The summed E-state index contributed by atoms with van der Waals surface area (Å²) in [5.74, 6) is 0. The molecule has 0 nitrogen and oxygen atoms in total. The molecule has 139 valence electrons. The van der Waals surface area contributed by atoms with E-state index in [-0.39, 0.29) is 9.01 Å². The molecule has 24 heavy (non-hydrogen) atoms. The zero-order valence-electron chi connectivity index (χ0n) is 15.4. The van der Waals surface area contributed by atoms with E-state index in [2.05, 4.69) is 64.2 Å². The Labute approximate surface area is 165 Å². The Balaban J connectivity index is 2.06. The van der Waals surface area contributed by atoms with Gasteiger partial charge in [0.25, 0.3) is 0 Å². The van der Waals surface area contributed by atoms with Crippen LogP contribution in [0.25, 0.3) is 0 Å². The minimum atomic E-state index is -1.77. The Morgan fingerprint density at radius 2 is 1.33 bits per heavy atom.